The van der Waals surface area contributed by atoms with Gasteiger partial charge in [-0.1, -0.05) is 77.9 Å². The monoisotopic (exact) mass is 922 g/mol. The quantitative estimate of drug-likeness (QED) is 0.0360. The van der Waals surface area contributed by atoms with Gasteiger partial charge < -0.3 is 62.2 Å². The minimum Gasteiger partial charge on any atom is -0.497 e. The molecule has 2 aliphatic rings. The second kappa shape index (κ2) is 26.0. The first kappa shape index (κ1) is 50.7. The summed E-state index contributed by atoms with van der Waals surface area (Å²) in [5.41, 5.74) is 12.1. The molecule has 3 aromatic rings. The lowest BCUT2D eigenvalue weighted by Crippen LogP contribution is -2.63. The second-order valence-electron chi connectivity index (χ2n) is 14.9. The van der Waals surface area contributed by atoms with E-state index in [1.807, 2.05) is 72.8 Å². The van der Waals surface area contributed by atoms with Crippen molar-refractivity contribution in [2.24, 2.45) is 5.11 Å². The molecule has 21 heteroatoms. The summed E-state index contributed by atoms with van der Waals surface area (Å²) in [4.78, 5) is 64.4. The molecule has 0 radical (unpaired) electrons. The van der Waals surface area contributed by atoms with Crippen molar-refractivity contribution < 1.29 is 80.8 Å². The van der Waals surface area contributed by atoms with Crippen LogP contribution in [0.4, 0.5) is 4.79 Å². The molecule has 0 spiro atoms. The highest BCUT2D eigenvalue weighted by Gasteiger charge is 2.53. The fourth-order valence-corrected chi connectivity index (χ4v) is 7.05. The van der Waals surface area contributed by atoms with E-state index in [0.29, 0.717) is 5.75 Å². The Kier molecular flexibility index (Phi) is 20.0. The number of amides is 1. The molecular weight excluding hydrogens is 869 g/mol. The summed E-state index contributed by atoms with van der Waals surface area (Å²) < 4.78 is 69.9. The number of benzene rings is 3. The first-order valence-electron chi connectivity index (χ1n) is 20.9. The molecule has 1 N–H and O–H groups in total. The first-order chi connectivity index (χ1) is 31.8. The minimum atomic E-state index is -1.47. The number of nitrogens with zero attached hydrogens (tertiary/aromatic N) is 3. The summed E-state index contributed by atoms with van der Waals surface area (Å²) in [5, 5.41) is 6.47. The van der Waals surface area contributed by atoms with E-state index < -0.39 is 105 Å². The van der Waals surface area contributed by atoms with Crippen LogP contribution in [-0.2, 0) is 91.1 Å². The van der Waals surface area contributed by atoms with Crippen molar-refractivity contribution in [2.45, 2.75) is 109 Å². The number of ether oxygens (including phenoxy) is 12. The molecule has 0 unspecified atom stereocenters. The van der Waals surface area contributed by atoms with Gasteiger partial charge in [0.2, 0.25) is 0 Å². The van der Waals surface area contributed by atoms with Gasteiger partial charge in [0.05, 0.1) is 33.5 Å². The van der Waals surface area contributed by atoms with E-state index in [2.05, 4.69) is 15.3 Å². The summed E-state index contributed by atoms with van der Waals surface area (Å²) >= 11 is 0. The number of rotatable bonds is 22. The van der Waals surface area contributed by atoms with Crippen LogP contribution < -0.4 is 10.1 Å². The average molecular weight is 923 g/mol. The molecule has 356 valence electrons. The Balaban J connectivity index is 1.31. The van der Waals surface area contributed by atoms with E-state index in [-0.39, 0.29) is 33.0 Å². The Labute approximate surface area is 380 Å². The van der Waals surface area contributed by atoms with Crippen LogP contribution in [0.25, 0.3) is 10.4 Å². The molecule has 2 fully saturated rings. The molecule has 2 saturated heterocycles. The van der Waals surface area contributed by atoms with Crippen LogP contribution in [-0.4, -0.2) is 125 Å². The third-order valence-electron chi connectivity index (χ3n) is 9.93. The van der Waals surface area contributed by atoms with E-state index in [9.17, 15) is 29.5 Å². The summed E-state index contributed by atoms with van der Waals surface area (Å²) in [6.45, 7) is 3.41. The molecule has 10 atom stereocenters. The molecule has 21 nitrogen and oxygen atoms in total. The van der Waals surface area contributed by atoms with Crippen LogP contribution in [0.15, 0.2) is 90.0 Å². The SMILES string of the molecule is COc1ccc(CO[C@H]2[C@H](OCc3ccccc3)[C@@H](OCc3ccccc3)[C@H](N=[N+]=[N-])O[C@@H]2COC(=O)NCCO[C@@H]2O[C@H](COC(C)=O)[C@@H](OC(C)=O)[C@H](OC(C)=O)[C@H]2OC(C)=O)cc1. The summed E-state index contributed by atoms with van der Waals surface area (Å²) in [7, 11) is 1.56. The number of methoxy groups -OCH3 is 1. The maximum absolute atomic E-state index is 13.2. The van der Waals surface area contributed by atoms with E-state index in [1.54, 1.807) is 19.2 Å². The highest BCUT2D eigenvalue weighted by atomic mass is 16.7. The smallest absolute Gasteiger partial charge is 0.407 e. The summed E-state index contributed by atoms with van der Waals surface area (Å²) in [5.74, 6) is -2.44. The van der Waals surface area contributed by atoms with Crippen LogP contribution >= 0.6 is 0 Å². The first-order valence-corrected chi connectivity index (χ1v) is 20.9. The summed E-state index contributed by atoms with van der Waals surface area (Å²) in [6.07, 6.45) is -13.1. The van der Waals surface area contributed by atoms with E-state index in [1.165, 1.54) is 0 Å². The number of azide groups is 1. The fraction of sp³-hybridized carbons (Fsp3) is 0.489. The molecule has 2 aliphatic heterocycles. The van der Waals surface area contributed by atoms with Crippen molar-refractivity contribution in [2.75, 3.05) is 33.5 Å². The lowest BCUT2D eigenvalue weighted by molar-refractivity contribution is -0.307. The van der Waals surface area contributed by atoms with Crippen molar-refractivity contribution in [3.05, 3.63) is 112 Å². The maximum atomic E-state index is 13.2. The maximum Gasteiger partial charge on any atom is 0.407 e. The normalized spacial score (nSPS) is 24.7. The molecule has 66 heavy (non-hydrogen) atoms. The number of hydrogen-bond acceptors (Lipinski definition) is 18. The van der Waals surface area contributed by atoms with Crippen molar-refractivity contribution in [1.82, 2.24) is 5.32 Å². The molecule has 0 aromatic heterocycles. The van der Waals surface area contributed by atoms with Gasteiger partial charge in [-0.05, 0) is 34.4 Å². The van der Waals surface area contributed by atoms with Gasteiger partial charge in [-0.3, -0.25) is 19.2 Å². The number of carbonyl (C=O) groups is 5. The summed E-state index contributed by atoms with van der Waals surface area (Å²) in [6, 6.07) is 26.0. The molecule has 0 aliphatic carbocycles. The lowest BCUT2D eigenvalue weighted by Gasteiger charge is -2.44. The Hall–Kier alpha value is -6.32. The molecule has 3 aromatic carbocycles. The average Bonchev–Trinajstić information content (AvgIpc) is 3.29. The predicted molar refractivity (Wildman–Crippen MR) is 227 cm³/mol. The van der Waals surface area contributed by atoms with E-state index in [0.717, 1.165) is 44.4 Å². The number of esters is 4. The molecule has 0 saturated carbocycles. The van der Waals surface area contributed by atoms with Crippen molar-refractivity contribution in [1.29, 1.82) is 0 Å². The second-order valence-corrected chi connectivity index (χ2v) is 14.9. The van der Waals surface area contributed by atoms with Gasteiger partial charge in [0.25, 0.3) is 0 Å². The Morgan fingerprint density at radius 2 is 1.11 bits per heavy atom. The van der Waals surface area contributed by atoms with Crippen molar-refractivity contribution in [3.63, 3.8) is 0 Å². The van der Waals surface area contributed by atoms with Gasteiger partial charge in [0.1, 0.15) is 49.5 Å². The molecule has 0 bridgehead atoms. The zero-order chi connectivity index (χ0) is 47.4. The van der Waals surface area contributed by atoms with Crippen LogP contribution in [0.1, 0.15) is 44.4 Å². The zero-order valence-corrected chi connectivity index (χ0v) is 37.1. The highest BCUT2D eigenvalue weighted by molar-refractivity contribution is 5.69. The van der Waals surface area contributed by atoms with Gasteiger partial charge in [-0.15, -0.1) is 0 Å². The Morgan fingerprint density at radius 1 is 0.591 bits per heavy atom. The third kappa shape index (κ3) is 15.7. The van der Waals surface area contributed by atoms with Crippen LogP contribution in [0, 0.1) is 0 Å². The number of hydrogen-bond donors (Lipinski definition) is 1. The minimum absolute atomic E-state index is 0.0695. The topological polar surface area (TPSA) is 257 Å². The van der Waals surface area contributed by atoms with Gasteiger partial charge in [0, 0.05) is 39.2 Å². The van der Waals surface area contributed by atoms with Crippen LogP contribution in [0.5, 0.6) is 5.75 Å². The Morgan fingerprint density at radius 3 is 1.67 bits per heavy atom. The molecule has 2 heterocycles. The van der Waals surface area contributed by atoms with Gasteiger partial charge in [-0.25, -0.2) is 4.79 Å². The largest absolute Gasteiger partial charge is 0.497 e. The number of nitrogens with one attached hydrogen (secondary N) is 1. The number of carbonyl (C=O) groups excluding carboxylic acids is 5. The zero-order valence-electron chi connectivity index (χ0n) is 37.1. The van der Waals surface area contributed by atoms with Gasteiger partial charge in [0.15, 0.2) is 30.8 Å². The predicted octanol–water partition coefficient (Wildman–Crippen LogP) is 4.61. The van der Waals surface area contributed by atoms with Gasteiger partial charge in [-0.2, -0.15) is 0 Å². The van der Waals surface area contributed by atoms with Crippen molar-refractivity contribution >= 4 is 30.0 Å². The standard InChI is InChI=1S/C45H54N4O17/c1-27(50)57-25-36-38(62-28(2)51)40(63-29(3)52)42(64-30(4)53)44(66-36)56-21-20-47-45(54)61-26-35-37(58-24-33-16-18-34(55-5)19-17-33)39(59-22-31-12-8-6-9-13-31)41(43(65-35)48-49-46)60-23-32-14-10-7-11-15-32/h6-19,35-44H,20-26H2,1-5H3,(H,47,54)/t35-,36-,37-,38-,39+,40+,41-,42-,43-,44-/m1/s1. The molecular formula is C45H54N4O17. The Bertz CT molecular complexity index is 2070. The molecule has 1 amide bonds. The third-order valence-corrected chi connectivity index (χ3v) is 9.93. The van der Waals surface area contributed by atoms with E-state index >= 15 is 0 Å². The van der Waals surface area contributed by atoms with Crippen molar-refractivity contribution in [3.8, 4) is 5.75 Å². The van der Waals surface area contributed by atoms with E-state index in [4.69, 9.17) is 56.8 Å². The number of alkyl carbamates (subject to hydrolysis) is 1. The van der Waals surface area contributed by atoms with Crippen LogP contribution in [0.2, 0.25) is 0 Å². The fourth-order valence-electron chi connectivity index (χ4n) is 7.05. The van der Waals surface area contributed by atoms with Crippen LogP contribution in [0.3, 0.4) is 0 Å². The molecule has 5 rings (SSSR count). The highest BCUT2D eigenvalue weighted by Crippen LogP contribution is 2.33. The lowest BCUT2D eigenvalue weighted by atomic mass is 9.97. The van der Waals surface area contributed by atoms with Gasteiger partial charge >= 0.3 is 30.0 Å².